The van der Waals surface area contributed by atoms with E-state index in [0.29, 0.717) is 12.4 Å². The quantitative estimate of drug-likeness (QED) is 0.702. The third-order valence-corrected chi connectivity index (χ3v) is 4.68. The van der Waals surface area contributed by atoms with Crippen molar-refractivity contribution in [3.63, 3.8) is 0 Å². The lowest BCUT2D eigenvalue weighted by molar-refractivity contribution is -0.120. The number of ketones is 1. The van der Waals surface area contributed by atoms with Crippen molar-refractivity contribution in [2.24, 2.45) is 0 Å². The van der Waals surface area contributed by atoms with Crippen LogP contribution in [0.4, 0.5) is 0 Å². The van der Waals surface area contributed by atoms with E-state index in [1.807, 2.05) is 44.2 Å². The molecule has 9 heteroatoms. The molecule has 0 aliphatic carbocycles. The Morgan fingerprint density at radius 3 is 2.86 bits per heavy atom. The van der Waals surface area contributed by atoms with Crippen LogP contribution in [-0.4, -0.2) is 48.9 Å². The zero-order valence-electron chi connectivity index (χ0n) is 16.3. The summed E-state index contributed by atoms with van der Waals surface area (Å²) in [6, 6.07) is 9.10. The first kappa shape index (κ1) is 18.9. The Labute approximate surface area is 167 Å². The molecule has 1 atom stereocenters. The molecular weight excluding hydrogens is 372 g/mol. The van der Waals surface area contributed by atoms with Gasteiger partial charge in [0.1, 0.15) is 19.0 Å². The normalized spacial score (nSPS) is 16.2. The van der Waals surface area contributed by atoms with Gasteiger partial charge in [-0.15, -0.1) is 5.10 Å². The standard InChI is InChI=1S/C20H22N6O3/c1-13(2)26-20-15(9-22-26)8-17(27)16(11-29-20)23-19(28)18-21-12-25(24-18)10-14-6-4-3-5-7-14/h3-7,9,12-13,16H,8,10-11H2,1-2H3,(H,23,28)/t16-/m0/s1. The molecule has 1 N–H and O–H groups in total. The molecule has 0 spiro atoms. The number of amides is 1. The van der Waals surface area contributed by atoms with E-state index in [9.17, 15) is 9.59 Å². The molecule has 4 rings (SSSR count). The van der Waals surface area contributed by atoms with Gasteiger partial charge in [-0.25, -0.2) is 14.3 Å². The monoisotopic (exact) mass is 394 g/mol. The van der Waals surface area contributed by atoms with Crippen LogP contribution in [0.2, 0.25) is 0 Å². The molecule has 3 heterocycles. The number of rotatable bonds is 5. The summed E-state index contributed by atoms with van der Waals surface area (Å²) in [4.78, 5) is 29.2. The summed E-state index contributed by atoms with van der Waals surface area (Å²) in [5, 5.41) is 11.2. The van der Waals surface area contributed by atoms with Crippen LogP contribution in [0.25, 0.3) is 0 Å². The molecule has 2 aromatic heterocycles. The predicted octanol–water partition coefficient (Wildman–Crippen LogP) is 1.41. The first-order valence-electron chi connectivity index (χ1n) is 9.47. The highest BCUT2D eigenvalue weighted by Gasteiger charge is 2.30. The van der Waals surface area contributed by atoms with Crippen molar-refractivity contribution < 1.29 is 14.3 Å². The number of hydrogen-bond donors (Lipinski definition) is 1. The molecule has 0 unspecified atom stereocenters. The van der Waals surface area contributed by atoms with E-state index in [2.05, 4.69) is 20.5 Å². The van der Waals surface area contributed by atoms with Crippen LogP contribution < -0.4 is 10.1 Å². The van der Waals surface area contributed by atoms with E-state index >= 15 is 0 Å². The maximum atomic E-state index is 12.6. The minimum Gasteiger partial charge on any atom is -0.475 e. The lowest BCUT2D eigenvalue weighted by atomic mass is 10.1. The number of aromatic nitrogens is 5. The van der Waals surface area contributed by atoms with Gasteiger partial charge < -0.3 is 10.1 Å². The smallest absolute Gasteiger partial charge is 0.291 e. The fourth-order valence-electron chi connectivity index (χ4n) is 3.19. The zero-order chi connectivity index (χ0) is 20.4. The second-order valence-corrected chi connectivity index (χ2v) is 7.24. The minimum atomic E-state index is -0.767. The number of nitrogens with zero attached hydrogens (tertiary/aromatic N) is 5. The van der Waals surface area contributed by atoms with Crippen LogP contribution in [0.1, 0.15) is 41.6 Å². The molecule has 3 aromatic rings. The number of hydrogen-bond acceptors (Lipinski definition) is 6. The van der Waals surface area contributed by atoms with Gasteiger partial charge in [-0.05, 0) is 19.4 Å². The number of carbonyl (C=O) groups is 2. The molecule has 1 aliphatic rings. The highest BCUT2D eigenvalue weighted by Crippen LogP contribution is 2.25. The summed E-state index contributed by atoms with van der Waals surface area (Å²) >= 11 is 0. The molecule has 0 saturated carbocycles. The minimum absolute atomic E-state index is 0.0175. The van der Waals surface area contributed by atoms with Crippen molar-refractivity contribution >= 4 is 11.7 Å². The zero-order valence-corrected chi connectivity index (χ0v) is 16.3. The van der Waals surface area contributed by atoms with Crippen LogP contribution in [0.5, 0.6) is 5.88 Å². The molecule has 0 bridgehead atoms. The maximum absolute atomic E-state index is 12.6. The Kier molecular flexibility index (Phi) is 5.11. The summed E-state index contributed by atoms with van der Waals surface area (Å²) < 4.78 is 9.13. The Balaban J connectivity index is 1.42. The van der Waals surface area contributed by atoms with Gasteiger partial charge in [-0.3, -0.25) is 9.59 Å². The van der Waals surface area contributed by atoms with Gasteiger partial charge in [-0.1, -0.05) is 30.3 Å². The molecule has 0 saturated heterocycles. The molecule has 29 heavy (non-hydrogen) atoms. The fourth-order valence-corrected chi connectivity index (χ4v) is 3.19. The fraction of sp³-hybridized carbons (Fsp3) is 0.350. The number of benzene rings is 1. The lowest BCUT2D eigenvalue weighted by Gasteiger charge is -2.15. The average molecular weight is 394 g/mol. The number of carbonyl (C=O) groups excluding carboxylic acids is 2. The topological polar surface area (TPSA) is 104 Å². The maximum Gasteiger partial charge on any atom is 0.291 e. The summed E-state index contributed by atoms with van der Waals surface area (Å²) in [7, 11) is 0. The SMILES string of the molecule is CC(C)n1ncc2c1OC[C@H](NC(=O)c1ncn(Cc3ccccc3)n1)C(=O)C2. The van der Waals surface area contributed by atoms with Crippen LogP contribution in [0.3, 0.4) is 0 Å². The predicted molar refractivity (Wildman–Crippen MR) is 104 cm³/mol. The first-order chi connectivity index (χ1) is 14.0. The van der Waals surface area contributed by atoms with Gasteiger partial charge in [0.05, 0.1) is 18.8 Å². The van der Waals surface area contributed by atoms with E-state index in [1.54, 1.807) is 15.6 Å². The molecule has 1 aliphatic heterocycles. The molecular formula is C20H22N6O3. The van der Waals surface area contributed by atoms with Crippen LogP contribution in [0.15, 0.2) is 42.9 Å². The van der Waals surface area contributed by atoms with E-state index in [1.165, 1.54) is 6.33 Å². The Morgan fingerprint density at radius 2 is 2.10 bits per heavy atom. The van der Waals surface area contributed by atoms with Gasteiger partial charge in [0, 0.05) is 12.0 Å². The Hall–Kier alpha value is -3.49. The van der Waals surface area contributed by atoms with Gasteiger partial charge in [0.25, 0.3) is 5.91 Å². The number of Topliss-reactive ketones (excluding diaryl/α,β-unsaturated/α-hetero) is 1. The van der Waals surface area contributed by atoms with Gasteiger partial charge in [0.15, 0.2) is 5.78 Å². The number of nitrogens with one attached hydrogen (secondary N) is 1. The van der Waals surface area contributed by atoms with Crippen molar-refractivity contribution in [2.75, 3.05) is 6.61 Å². The van der Waals surface area contributed by atoms with E-state index in [4.69, 9.17) is 4.74 Å². The van der Waals surface area contributed by atoms with Crippen molar-refractivity contribution in [1.82, 2.24) is 29.9 Å². The first-order valence-corrected chi connectivity index (χ1v) is 9.47. The highest BCUT2D eigenvalue weighted by atomic mass is 16.5. The molecule has 0 fully saturated rings. The molecule has 9 nitrogen and oxygen atoms in total. The number of ether oxygens (including phenoxy) is 1. The van der Waals surface area contributed by atoms with E-state index in [0.717, 1.165) is 11.1 Å². The molecule has 1 aromatic carbocycles. The Morgan fingerprint density at radius 1 is 1.31 bits per heavy atom. The van der Waals surface area contributed by atoms with E-state index < -0.39 is 11.9 Å². The van der Waals surface area contributed by atoms with Crippen molar-refractivity contribution in [3.8, 4) is 5.88 Å². The van der Waals surface area contributed by atoms with Gasteiger partial charge in [-0.2, -0.15) is 5.10 Å². The van der Waals surface area contributed by atoms with Gasteiger partial charge in [0.2, 0.25) is 11.7 Å². The molecule has 1 amide bonds. The number of fused-ring (bicyclic) bond motifs is 1. The highest BCUT2D eigenvalue weighted by molar-refractivity contribution is 5.96. The molecule has 0 radical (unpaired) electrons. The third-order valence-electron chi connectivity index (χ3n) is 4.68. The summed E-state index contributed by atoms with van der Waals surface area (Å²) in [5.74, 6) is -0.0430. The van der Waals surface area contributed by atoms with Gasteiger partial charge >= 0.3 is 0 Å². The van der Waals surface area contributed by atoms with Crippen LogP contribution in [0, 0.1) is 0 Å². The summed E-state index contributed by atoms with van der Waals surface area (Å²) in [6.45, 7) is 4.52. The van der Waals surface area contributed by atoms with Crippen LogP contribution in [-0.2, 0) is 17.8 Å². The lowest BCUT2D eigenvalue weighted by Crippen LogP contribution is -2.45. The van der Waals surface area contributed by atoms with Crippen molar-refractivity contribution in [1.29, 1.82) is 0 Å². The average Bonchev–Trinajstić information content (AvgIpc) is 3.29. The second kappa shape index (κ2) is 7.86. The summed E-state index contributed by atoms with van der Waals surface area (Å²) in [5.41, 5.74) is 1.78. The Bertz CT molecular complexity index is 1020. The van der Waals surface area contributed by atoms with Crippen molar-refractivity contribution in [2.45, 2.75) is 38.9 Å². The van der Waals surface area contributed by atoms with Crippen molar-refractivity contribution in [3.05, 3.63) is 59.8 Å². The second-order valence-electron chi connectivity index (χ2n) is 7.24. The van der Waals surface area contributed by atoms with Crippen LogP contribution >= 0.6 is 0 Å². The molecule has 150 valence electrons. The third kappa shape index (κ3) is 4.03. The largest absolute Gasteiger partial charge is 0.475 e. The van der Waals surface area contributed by atoms with E-state index in [-0.39, 0.29) is 30.7 Å². The summed E-state index contributed by atoms with van der Waals surface area (Å²) in [6.07, 6.45) is 3.30.